The Labute approximate surface area is 52.1 Å². The van der Waals surface area contributed by atoms with E-state index < -0.39 is 7.27 Å². The summed E-state index contributed by atoms with van der Waals surface area (Å²) in [5.41, 5.74) is 0. The summed E-state index contributed by atoms with van der Waals surface area (Å²) in [6, 6.07) is 0. The van der Waals surface area contributed by atoms with Gasteiger partial charge in [0.15, 0.2) is 0 Å². The fraction of sp³-hybridized carbons (Fsp3) is 1.00. The molecule has 0 amide bonds. The van der Waals surface area contributed by atoms with Crippen molar-refractivity contribution < 1.29 is 8.53 Å². The van der Waals surface area contributed by atoms with Gasteiger partial charge in [-0.1, -0.05) is 22.2 Å². The Morgan fingerprint density at radius 1 is 1.71 bits per heavy atom. The number of hydrogen-bond acceptors (Lipinski definition) is 1. The molecule has 0 N–H and O–H groups in total. The van der Waals surface area contributed by atoms with E-state index in [1.807, 2.05) is 0 Å². The van der Waals surface area contributed by atoms with Crippen molar-refractivity contribution in [1.82, 2.24) is 0 Å². The standard InChI is InChI=1S/C2H5Cl2FOSi/c1-2-6-7(3,4)5/h2H2,1H3. The van der Waals surface area contributed by atoms with Crippen LogP contribution in [-0.2, 0) is 4.43 Å². The van der Waals surface area contributed by atoms with Gasteiger partial charge in [0, 0.05) is 6.61 Å². The summed E-state index contributed by atoms with van der Waals surface area (Å²) < 4.78 is 16.1. The van der Waals surface area contributed by atoms with Gasteiger partial charge in [-0.2, -0.15) is 0 Å². The van der Waals surface area contributed by atoms with Crippen molar-refractivity contribution in [2.75, 3.05) is 6.61 Å². The van der Waals surface area contributed by atoms with Crippen LogP contribution < -0.4 is 0 Å². The molecule has 0 aromatic rings. The molecule has 0 aromatic heterocycles. The first-order chi connectivity index (χ1) is 3.06. The molecule has 0 atom stereocenters. The maximum atomic E-state index is 11.8. The lowest BCUT2D eigenvalue weighted by atomic mass is 10.9. The fourth-order valence-corrected chi connectivity index (χ4v) is 1.15. The van der Waals surface area contributed by atoms with Crippen LogP contribution in [0.3, 0.4) is 0 Å². The molecule has 0 aliphatic heterocycles. The lowest BCUT2D eigenvalue weighted by molar-refractivity contribution is 0.318. The Morgan fingerprint density at radius 3 is 2.14 bits per heavy atom. The number of rotatable bonds is 2. The average molecular weight is 163 g/mol. The van der Waals surface area contributed by atoms with Gasteiger partial charge < -0.3 is 4.43 Å². The Kier molecular flexibility index (Phi) is 3.15. The minimum Gasteiger partial charge on any atom is -0.369 e. The topological polar surface area (TPSA) is 9.23 Å². The van der Waals surface area contributed by atoms with Gasteiger partial charge in [0.25, 0.3) is 0 Å². The summed E-state index contributed by atoms with van der Waals surface area (Å²) in [6.45, 7) is 1.86. The van der Waals surface area contributed by atoms with Crippen LogP contribution >= 0.6 is 22.2 Å². The second kappa shape index (κ2) is 2.87. The van der Waals surface area contributed by atoms with Crippen LogP contribution in [0.25, 0.3) is 0 Å². The van der Waals surface area contributed by atoms with Crippen molar-refractivity contribution in [3.05, 3.63) is 0 Å². The minimum absolute atomic E-state index is 0.232. The van der Waals surface area contributed by atoms with Gasteiger partial charge in [-0.3, -0.25) is 0 Å². The van der Waals surface area contributed by atoms with E-state index in [2.05, 4.69) is 4.43 Å². The zero-order valence-electron chi connectivity index (χ0n) is 3.75. The summed E-state index contributed by atoms with van der Waals surface area (Å²) in [5, 5.41) is 0. The SMILES string of the molecule is CCO[Si](F)(Cl)Cl. The average Bonchev–Trinajstić information content (AvgIpc) is 1.30. The van der Waals surface area contributed by atoms with Crippen LogP contribution in [0.5, 0.6) is 0 Å². The molecule has 0 bridgehead atoms. The van der Waals surface area contributed by atoms with E-state index >= 15 is 0 Å². The van der Waals surface area contributed by atoms with Crippen LogP contribution in [0.1, 0.15) is 6.92 Å². The largest absolute Gasteiger partial charge is 0.589 e. The highest BCUT2D eigenvalue weighted by Gasteiger charge is 2.30. The van der Waals surface area contributed by atoms with Gasteiger partial charge in [-0.05, 0) is 6.92 Å². The summed E-state index contributed by atoms with van der Waals surface area (Å²) in [7, 11) is -3.71. The molecule has 0 aromatic carbocycles. The molecular weight excluding hydrogens is 158 g/mol. The van der Waals surface area contributed by atoms with E-state index in [0.717, 1.165) is 0 Å². The lowest BCUT2D eigenvalue weighted by Gasteiger charge is -2.01. The quantitative estimate of drug-likeness (QED) is 0.446. The molecule has 0 heterocycles. The van der Waals surface area contributed by atoms with Crippen molar-refractivity contribution >= 4 is 29.4 Å². The van der Waals surface area contributed by atoms with Crippen LogP contribution in [0.2, 0.25) is 0 Å². The van der Waals surface area contributed by atoms with Crippen molar-refractivity contribution in [3.63, 3.8) is 0 Å². The Hall–Kier alpha value is 0.687. The normalized spacial score (nSPS) is 12.0. The second-order valence-corrected chi connectivity index (χ2v) is 5.56. The predicted octanol–water partition coefficient (Wildman–Crippen LogP) is 1.91. The monoisotopic (exact) mass is 162 g/mol. The molecule has 44 valence electrons. The van der Waals surface area contributed by atoms with E-state index in [1.54, 1.807) is 6.92 Å². The van der Waals surface area contributed by atoms with Gasteiger partial charge in [0.05, 0.1) is 0 Å². The van der Waals surface area contributed by atoms with Crippen LogP contribution in [0.15, 0.2) is 0 Å². The summed E-state index contributed by atoms with van der Waals surface area (Å²) in [4.78, 5) is 0. The third-order valence-electron chi connectivity index (χ3n) is 0.308. The summed E-state index contributed by atoms with van der Waals surface area (Å²) >= 11 is 9.70. The molecule has 0 aliphatic rings. The molecule has 0 saturated carbocycles. The van der Waals surface area contributed by atoms with E-state index in [-0.39, 0.29) is 6.61 Å². The fourth-order valence-electron chi connectivity index (χ4n) is 0.164. The molecule has 0 aliphatic carbocycles. The van der Waals surface area contributed by atoms with Crippen molar-refractivity contribution in [3.8, 4) is 0 Å². The van der Waals surface area contributed by atoms with E-state index in [4.69, 9.17) is 22.2 Å². The molecular formula is C2H5Cl2FOSi. The maximum Gasteiger partial charge on any atom is 0.589 e. The third kappa shape index (κ3) is 6.69. The summed E-state index contributed by atoms with van der Waals surface area (Å²) in [5.74, 6) is 0. The first-order valence-electron chi connectivity index (χ1n) is 1.77. The molecule has 0 radical (unpaired) electrons. The molecule has 7 heavy (non-hydrogen) atoms. The number of hydrogen-bond donors (Lipinski definition) is 0. The Balaban J connectivity index is 3.15. The zero-order valence-corrected chi connectivity index (χ0v) is 6.26. The highest BCUT2D eigenvalue weighted by atomic mass is 35.7. The van der Waals surface area contributed by atoms with Crippen LogP contribution in [0.4, 0.5) is 4.11 Å². The van der Waals surface area contributed by atoms with E-state index in [9.17, 15) is 4.11 Å². The first-order valence-corrected chi connectivity index (χ1v) is 5.58. The minimum atomic E-state index is -3.71. The Morgan fingerprint density at radius 2 is 2.14 bits per heavy atom. The second-order valence-electron chi connectivity index (χ2n) is 0.879. The highest BCUT2D eigenvalue weighted by Crippen LogP contribution is 2.16. The van der Waals surface area contributed by atoms with E-state index in [0.29, 0.717) is 0 Å². The smallest absolute Gasteiger partial charge is 0.369 e. The van der Waals surface area contributed by atoms with Gasteiger partial charge >= 0.3 is 7.27 Å². The van der Waals surface area contributed by atoms with Crippen molar-refractivity contribution in [1.29, 1.82) is 0 Å². The van der Waals surface area contributed by atoms with Gasteiger partial charge in [-0.15, -0.1) is 0 Å². The van der Waals surface area contributed by atoms with Gasteiger partial charge in [0.2, 0.25) is 0 Å². The maximum absolute atomic E-state index is 11.8. The van der Waals surface area contributed by atoms with E-state index in [1.165, 1.54) is 0 Å². The zero-order chi connectivity index (χ0) is 5.91. The summed E-state index contributed by atoms with van der Waals surface area (Å²) in [6.07, 6.45) is 0. The predicted molar refractivity (Wildman–Crippen MR) is 30.2 cm³/mol. The molecule has 0 saturated heterocycles. The van der Waals surface area contributed by atoms with Crippen molar-refractivity contribution in [2.24, 2.45) is 0 Å². The highest BCUT2D eigenvalue weighted by molar-refractivity contribution is 7.39. The van der Waals surface area contributed by atoms with Crippen molar-refractivity contribution in [2.45, 2.75) is 6.92 Å². The molecule has 5 heteroatoms. The first kappa shape index (κ1) is 7.69. The van der Waals surface area contributed by atoms with Crippen LogP contribution in [0, 0.1) is 0 Å². The molecule has 0 spiro atoms. The van der Waals surface area contributed by atoms with Gasteiger partial charge in [-0.25, -0.2) is 4.11 Å². The third-order valence-corrected chi connectivity index (χ3v) is 1.58. The molecule has 0 unspecified atom stereocenters. The van der Waals surface area contributed by atoms with Crippen LogP contribution in [-0.4, -0.2) is 13.9 Å². The molecule has 1 nitrogen and oxygen atoms in total. The molecule has 0 rings (SSSR count). The van der Waals surface area contributed by atoms with Gasteiger partial charge in [0.1, 0.15) is 0 Å². The molecule has 0 fully saturated rings. The lowest BCUT2D eigenvalue weighted by Crippen LogP contribution is -2.16. The number of halogens is 3. The Bertz CT molecular complexity index is 54.1.